The van der Waals surface area contributed by atoms with Crippen molar-refractivity contribution >= 4 is 23.2 Å². The molecule has 4 rings (SSSR count). The van der Waals surface area contributed by atoms with Crippen molar-refractivity contribution in [1.29, 1.82) is 0 Å². The lowest BCUT2D eigenvalue weighted by molar-refractivity contribution is -0.142. The summed E-state index contributed by atoms with van der Waals surface area (Å²) in [6, 6.07) is 12.0. The van der Waals surface area contributed by atoms with Crippen LogP contribution < -0.4 is 0 Å². The third-order valence-corrected chi connectivity index (χ3v) is 5.93. The van der Waals surface area contributed by atoms with Gasteiger partial charge in [-0.2, -0.15) is 0 Å². The number of ether oxygens (including phenoxy) is 1. The molecule has 0 N–H and O–H groups in total. The molecule has 136 valence electrons. The van der Waals surface area contributed by atoms with Gasteiger partial charge in [-0.15, -0.1) is 11.3 Å². The summed E-state index contributed by atoms with van der Waals surface area (Å²) in [4.78, 5) is 29.9. The van der Waals surface area contributed by atoms with Gasteiger partial charge in [-0.1, -0.05) is 30.3 Å². The predicted octanol–water partition coefficient (Wildman–Crippen LogP) is 2.88. The highest BCUT2D eigenvalue weighted by molar-refractivity contribution is 7.12. The second-order valence-electron chi connectivity index (χ2n) is 6.65. The van der Waals surface area contributed by atoms with Gasteiger partial charge >= 0.3 is 0 Å². The lowest BCUT2D eigenvalue weighted by Gasteiger charge is -2.35. The number of piperazine rings is 1. The molecule has 0 radical (unpaired) electrons. The van der Waals surface area contributed by atoms with E-state index in [4.69, 9.17) is 4.74 Å². The van der Waals surface area contributed by atoms with Gasteiger partial charge in [0.25, 0.3) is 11.8 Å². The number of thiophene rings is 1. The van der Waals surface area contributed by atoms with E-state index < -0.39 is 0 Å². The minimum absolute atomic E-state index is 0.0584. The van der Waals surface area contributed by atoms with Crippen LogP contribution in [-0.4, -0.2) is 60.5 Å². The van der Waals surface area contributed by atoms with Gasteiger partial charge in [0.15, 0.2) is 0 Å². The van der Waals surface area contributed by atoms with Crippen LogP contribution >= 0.6 is 11.3 Å². The van der Waals surface area contributed by atoms with E-state index in [0.29, 0.717) is 32.8 Å². The van der Waals surface area contributed by atoms with Crippen molar-refractivity contribution in [3.63, 3.8) is 0 Å². The van der Waals surface area contributed by atoms with Gasteiger partial charge in [-0.05, 0) is 29.9 Å². The maximum atomic E-state index is 13.0. The van der Waals surface area contributed by atoms with Crippen LogP contribution in [0.4, 0.5) is 0 Å². The predicted molar refractivity (Wildman–Crippen MR) is 101 cm³/mol. The average Bonchev–Trinajstić information content (AvgIpc) is 3.39. The van der Waals surface area contributed by atoms with E-state index in [1.165, 1.54) is 11.3 Å². The second-order valence-corrected chi connectivity index (χ2v) is 7.56. The van der Waals surface area contributed by atoms with E-state index >= 15 is 0 Å². The molecule has 2 saturated heterocycles. The SMILES string of the molecule is O=C(c1sccc1-c1ccccc1)N1CCN(C(=O)C2CCCO2)CC1. The summed E-state index contributed by atoms with van der Waals surface area (Å²) < 4.78 is 5.50. The monoisotopic (exact) mass is 370 g/mol. The van der Waals surface area contributed by atoms with E-state index in [0.717, 1.165) is 28.8 Å². The van der Waals surface area contributed by atoms with Crippen molar-refractivity contribution < 1.29 is 14.3 Å². The summed E-state index contributed by atoms with van der Waals surface area (Å²) in [5.74, 6) is 0.138. The standard InChI is InChI=1S/C20H22N2O3S/c23-19(17-7-4-13-25-17)21-9-11-22(12-10-21)20(24)18-16(8-14-26-18)15-5-2-1-3-6-15/h1-3,5-6,8,14,17H,4,7,9-13H2. The maximum Gasteiger partial charge on any atom is 0.264 e. The molecule has 2 aliphatic heterocycles. The van der Waals surface area contributed by atoms with Crippen molar-refractivity contribution in [2.24, 2.45) is 0 Å². The Kier molecular flexibility index (Phi) is 5.04. The molecule has 0 spiro atoms. The zero-order valence-corrected chi connectivity index (χ0v) is 15.4. The lowest BCUT2D eigenvalue weighted by atomic mass is 10.1. The molecular formula is C20H22N2O3S. The third kappa shape index (κ3) is 3.39. The molecule has 2 amide bonds. The van der Waals surface area contributed by atoms with Gasteiger partial charge in [-0.25, -0.2) is 0 Å². The van der Waals surface area contributed by atoms with E-state index in [2.05, 4.69) is 0 Å². The smallest absolute Gasteiger partial charge is 0.264 e. The Morgan fingerprint density at radius 3 is 2.42 bits per heavy atom. The summed E-state index contributed by atoms with van der Waals surface area (Å²) in [6.45, 7) is 2.98. The third-order valence-electron chi connectivity index (χ3n) is 5.03. The van der Waals surface area contributed by atoms with Crippen LogP contribution in [0.5, 0.6) is 0 Å². The molecule has 1 unspecified atom stereocenters. The topological polar surface area (TPSA) is 49.9 Å². The van der Waals surface area contributed by atoms with Crippen LogP contribution in [-0.2, 0) is 9.53 Å². The van der Waals surface area contributed by atoms with Gasteiger partial charge in [-0.3, -0.25) is 9.59 Å². The normalized spacial score (nSPS) is 20.4. The first-order chi connectivity index (χ1) is 12.7. The summed E-state index contributed by atoms with van der Waals surface area (Å²) >= 11 is 1.48. The van der Waals surface area contributed by atoms with Crippen molar-refractivity contribution in [1.82, 2.24) is 9.80 Å². The van der Waals surface area contributed by atoms with Crippen molar-refractivity contribution in [3.05, 3.63) is 46.7 Å². The minimum Gasteiger partial charge on any atom is -0.368 e. The molecule has 1 aromatic carbocycles. The number of hydrogen-bond acceptors (Lipinski definition) is 4. The molecule has 0 saturated carbocycles. The lowest BCUT2D eigenvalue weighted by Crippen LogP contribution is -2.52. The quantitative estimate of drug-likeness (QED) is 0.835. The highest BCUT2D eigenvalue weighted by atomic mass is 32.1. The molecular weight excluding hydrogens is 348 g/mol. The van der Waals surface area contributed by atoms with Gasteiger partial charge in [0, 0.05) is 38.3 Å². The number of carbonyl (C=O) groups excluding carboxylic acids is 2. The molecule has 1 atom stereocenters. The summed E-state index contributed by atoms with van der Waals surface area (Å²) in [5.41, 5.74) is 2.04. The molecule has 2 aromatic rings. The second kappa shape index (κ2) is 7.60. The van der Waals surface area contributed by atoms with Gasteiger partial charge < -0.3 is 14.5 Å². The Hall–Kier alpha value is -2.18. The summed E-state index contributed by atoms with van der Waals surface area (Å²) in [7, 11) is 0. The van der Waals surface area contributed by atoms with Crippen LogP contribution in [0.15, 0.2) is 41.8 Å². The molecule has 6 heteroatoms. The van der Waals surface area contributed by atoms with Crippen molar-refractivity contribution in [2.75, 3.05) is 32.8 Å². The zero-order valence-electron chi connectivity index (χ0n) is 14.6. The van der Waals surface area contributed by atoms with Gasteiger partial charge in [0.1, 0.15) is 6.10 Å². The van der Waals surface area contributed by atoms with Crippen molar-refractivity contribution in [2.45, 2.75) is 18.9 Å². The van der Waals surface area contributed by atoms with Crippen LogP contribution in [0.3, 0.4) is 0 Å². The first-order valence-electron chi connectivity index (χ1n) is 9.06. The molecule has 0 aliphatic carbocycles. The minimum atomic E-state index is -0.278. The highest BCUT2D eigenvalue weighted by Gasteiger charge is 2.32. The Balaban J connectivity index is 1.42. The van der Waals surface area contributed by atoms with E-state index in [-0.39, 0.29) is 17.9 Å². The number of rotatable bonds is 3. The molecule has 2 aliphatic rings. The summed E-state index contributed by atoms with van der Waals surface area (Å²) in [6.07, 6.45) is 1.49. The average molecular weight is 370 g/mol. The van der Waals surface area contributed by atoms with E-state index in [9.17, 15) is 9.59 Å². The molecule has 2 fully saturated rings. The largest absolute Gasteiger partial charge is 0.368 e. The zero-order chi connectivity index (χ0) is 17.9. The molecule has 3 heterocycles. The van der Waals surface area contributed by atoms with E-state index in [1.807, 2.05) is 51.6 Å². The maximum absolute atomic E-state index is 13.0. The highest BCUT2D eigenvalue weighted by Crippen LogP contribution is 2.29. The molecule has 0 bridgehead atoms. The Morgan fingerprint density at radius 2 is 1.73 bits per heavy atom. The van der Waals surface area contributed by atoms with Crippen molar-refractivity contribution in [3.8, 4) is 11.1 Å². The Morgan fingerprint density at radius 1 is 1.00 bits per heavy atom. The number of amides is 2. The molecule has 5 nitrogen and oxygen atoms in total. The Labute approximate surface area is 157 Å². The fraction of sp³-hybridized carbons (Fsp3) is 0.400. The number of nitrogens with zero attached hydrogens (tertiary/aromatic N) is 2. The first kappa shape index (κ1) is 17.2. The van der Waals surface area contributed by atoms with E-state index in [1.54, 1.807) is 0 Å². The summed E-state index contributed by atoms with van der Waals surface area (Å²) in [5, 5.41) is 1.97. The number of carbonyl (C=O) groups is 2. The fourth-order valence-corrected chi connectivity index (χ4v) is 4.45. The van der Waals surface area contributed by atoms with Crippen LogP contribution in [0.1, 0.15) is 22.5 Å². The fourth-order valence-electron chi connectivity index (χ4n) is 3.57. The Bertz CT molecular complexity index is 775. The van der Waals surface area contributed by atoms with Gasteiger partial charge in [0.05, 0.1) is 4.88 Å². The molecule has 26 heavy (non-hydrogen) atoms. The van der Waals surface area contributed by atoms with Crippen LogP contribution in [0.2, 0.25) is 0 Å². The van der Waals surface area contributed by atoms with Crippen LogP contribution in [0.25, 0.3) is 11.1 Å². The number of hydrogen-bond donors (Lipinski definition) is 0. The van der Waals surface area contributed by atoms with Gasteiger partial charge in [0.2, 0.25) is 0 Å². The number of benzene rings is 1. The molecule has 1 aromatic heterocycles. The van der Waals surface area contributed by atoms with Crippen LogP contribution in [0, 0.1) is 0 Å². The first-order valence-corrected chi connectivity index (χ1v) is 9.94.